The van der Waals surface area contributed by atoms with Gasteiger partial charge in [0.2, 0.25) is 10.0 Å². The molecule has 0 radical (unpaired) electrons. The Balaban J connectivity index is 0. The molecule has 3 nitrogen and oxygen atoms in total. The zero-order valence-corrected chi connectivity index (χ0v) is 6.74. The van der Waals surface area contributed by atoms with E-state index >= 15 is 0 Å². The lowest BCUT2D eigenvalue weighted by molar-refractivity contribution is 0.600. The third kappa shape index (κ3) is 18.0. The molecule has 5 heteroatoms. The summed E-state index contributed by atoms with van der Waals surface area (Å²) in [4.78, 5) is 0. The number of rotatable bonds is 2. The lowest BCUT2D eigenvalue weighted by atomic mass is 10.8. The van der Waals surface area contributed by atoms with E-state index < -0.39 is 10.0 Å². The molecule has 0 aliphatic rings. The normalized spacial score (nSPS) is 9.22. The SMILES string of the molecule is C=CCS(N)(=O)=O.CCl. The van der Waals surface area contributed by atoms with Gasteiger partial charge < -0.3 is 0 Å². The molecule has 0 heterocycles. The van der Waals surface area contributed by atoms with Gasteiger partial charge in [-0.2, -0.15) is 0 Å². The van der Waals surface area contributed by atoms with Gasteiger partial charge in [0, 0.05) is 6.38 Å². The average molecular weight is 172 g/mol. The van der Waals surface area contributed by atoms with Crippen molar-refractivity contribution < 1.29 is 8.42 Å². The molecule has 0 saturated heterocycles. The molecule has 0 bridgehead atoms. The van der Waals surface area contributed by atoms with E-state index in [1.165, 1.54) is 12.5 Å². The Morgan fingerprint density at radius 2 is 2.00 bits per heavy atom. The Morgan fingerprint density at radius 3 is 2.00 bits per heavy atom. The number of sulfonamides is 1. The fraction of sp³-hybridized carbons (Fsp3) is 0.500. The van der Waals surface area contributed by atoms with Crippen LogP contribution in [-0.2, 0) is 10.0 Å². The minimum atomic E-state index is -3.29. The van der Waals surface area contributed by atoms with Gasteiger partial charge in [-0.15, -0.1) is 18.2 Å². The lowest BCUT2D eigenvalue weighted by Gasteiger charge is -1.83. The van der Waals surface area contributed by atoms with Crippen LogP contribution < -0.4 is 5.14 Å². The van der Waals surface area contributed by atoms with Gasteiger partial charge in [0.1, 0.15) is 0 Å². The summed E-state index contributed by atoms with van der Waals surface area (Å²) < 4.78 is 19.9. The van der Waals surface area contributed by atoms with Crippen LogP contribution in [0.2, 0.25) is 0 Å². The minimum Gasteiger partial charge on any atom is -0.228 e. The standard InChI is InChI=1S/C3H7NO2S.CH3Cl/c1-2-3-7(4,5)6;1-2/h2H,1,3H2,(H2,4,5,6);1H3. The Labute approximate surface area is 60.6 Å². The summed E-state index contributed by atoms with van der Waals surface area (Å²) in [7, 11) is -3.29. The summed E-state index contributed by atoms with van der Waals surface area (Å²) in [6, 6.07) is 0. The van der Waals surface area contributed by atoms with E-state index in [4.69, 9.17) is 0 Å². The van der Waals surface area contributed by atoms with Gasteiger partial charge in [-0.1, -0.05) is 6.08 Å². The third-order valence-corrected chi connectivity index (χ3v) is 1.05. The van der Waals surface area contributed by atoms with Crippen LogP contribution in [0, 0.1) is 0 Å². The van der Waals surface area contributed by atoms with Crippen molar-refractivity contribution in [1.29, 1.82) is 0 Å². The minimum absolute atomic E-state index is 0.146. The monoisotopic (exact) mass is 171 g/mol. The molecule has 0 atom stereocenters. The second kappa shape index (κ2) is 6.07. The van der Waals surface area contributed by atoms with Crippen molar-refractivity contribution in [2.75, 3.05) is 12.1 Å². The molecule has 0 amide bonds. The van der Waals surface area contributed by atoms with E-state index in [1.54, 1.807) is 0 Å². The molecular formula is C4H10ClNO2S. The molecule has 0 saturated carbocycles. The first kappa shape index (κ1) is 11.7. The Bertz CT molecular complexity index is 152. The fourth-order valence-electron chi connectivity index (χ4n) is 0.164. The van der Waals surface area contributed by atoms with Crippen LogP contribution in [0.1, 0.15) is 0 Å². The predicted molar refractivity (Wildman–Crippen MR) is 39.9 cm³/mol. The van der Waals surface area contributed by atoms with E-state index in [0.29, 0.717) is 0 Å². The lowest BCUT2D eigenvalue weighted by Crippen LogP contribution is -2.14. The van der Waals surface area contributed by atoms with Crippen LogP contribution in [0.5, 0.6) is 0 Å². The number of alkyl halides is 1. The molecule has 2 N–H and O–H groups in total. The maximum absolute atomic E-state index is 9.94. The second-order valence-corrected chi connectivity index (χ2v) is 2.78. The Hall–Kier alpha value is -0.0600. The summed E-state index contributed by atoms with van der Waals surface area (Å²) in [6.07, 6.45) is 2.72. The van der Waals surface area contributed by atoms with Gasteiger partial charge >= 0.3 is 0 Å². The molecular weight excluding hydrogens is 162 g/mol. The first-order valence-electron chi connectivity index (χ1n) is 2.05. The average Bonchev–Trinajstić information content (AvgIpc) is 1.69. The Kier molecular flexibility index (Phi) is 7.89. The molecule has 0 fully saturated rings. The van der Waals surface area contributed by atoms with Crippen molar-refractivity contribution in [3.63, 3.8) is 0 Å². The molecule has 0 aliphatic heterocycles. The van der Waals surface area contributed by atoms with Crippen LogP contribution in [0.15, 0.2) is 12.7 Å². The highest BCUT2D eigenvalue weighted by Gasteiger charge is 1.93. The molecule has 0 rings (SSSR count). The summed E-state index contributed by atoms with van der Waals surface area (Å²) in [5.74, 6) is -0.146. The maximum Gasteiger partial charge on any atom is 0.212 e. The zero-order valence-electron chi connectivity index (χ0n) is 5.17. The van der Waals surface area contributed by atoms with Crippen LogP contribution in [0.3, 0.4) is 0 Å². The maximum atomic E-state index is 9.94. The number of halogens is 1. The largest absolute Gasteiger partial charge is 0.228 e. The summed E-state index contributed by atoms with van der Waals surface area (Å²) >= 11 is 4.64. The van der Waals surface area contributed by atoms with Crippen molar-refractivity contribution in [1.82, 2.24) is 0 Å². The summed E-state index contributed by atoms with van der Waals surface area (Å²) in [6.45, 7) is 3.19. The van der Waals surface area contributed by atoms with Crippen LogP contribution in [0.4, 0.5) is 0 Å². The van der Waals surface area contributed by atoms with Crippen molar-refractivity contribution in [2.24, 2.45) is 5.14 Å². The Morgan fingerprint density at radius 1 is 1.67 bits per heavy atom. The molecule has 56 valence electrons. The third-order valence-electron chi connectivity index (χ3n) is 0.350. The van der Waals surface area contributed by atoms with Crippen molar-refractivity contribution in [2.45, 2.75) is 0 Å². The van der Waals surface area contributed by atoms with E-state index in [-0.39, 0.29) is 5.75 Å². The van der Waals surface area contributed by atoms with Gasteiger partial charge in [-0.25, -0.2) is 13.6 Å². The molecule has 0 aromatic rings. The van der Waals surface area contributed by atoms with E-state index in [9.17, 15) is 8.42 Å². The van der Waals surface area contributed by atoms with Crippen LogP contribution in [0.25, 0.3) is 0 Å². The second-order valence-electron chi connectivity index (χ2n) is 1.12. The van der Waals surface area contributed by atoms with Gasteiger partial charge in [0.25, 0.3) is 0 Å². The molecule has 0 spiro atoms. The predicted octanol–water partition coefficient (Wildman–Crippen LogP) is 0.316. The highest BCUT2D eigenvalue weighted by Crippen LogP contribution is 1.73. The topological polar surface area (TPSA) is 60.2 Å². The summed E-state index contributed by atoms with van der Waals surface area (Å²) in [5, 5.41) is 4.55. The fourth-order valence-corrected chi connectivity index (χ4v) is 0.493. The number of nitrogens with two attached hydrogens (primary N) is 1. The highest BCUT2D eigenvalue weighted by atomic mass is 35.5. The summed E-state index contributed by atoms with van der Waals surface area (Å²) in [5.41, 5.74) is 0. The zero-order chi connectivity index (χ0) is 7.91. The van der Waals surface area contributed by atoms with Gasteiger partial charge in [0.15, 0.2) is 0 Å². The van der Waals surface area contributed by atoms with Crippen LogP contribution >= 0.6 is 11.6 Å². The molecule has 0 aromatic heterocycles. The first-order chi connectivity index (χ1) is 4.06. The van der Waals surface area contributed by atoms with E-state index in [0.717, 1.165) is 0 Å². The van der Waals surface area contributed by atoms with E-state index in [2.05, 4.69) is 23.3 Å². The van der Waals surface area contributed by atoms with E-state index in [1.807, 2.05) is 0 Å². The van der Waals surface area contributed by atoms with Gasteiger partial charge in [-0.3, -0.25) is 0 Å². The molecule has 0 aliphatic carbocycles. The quantitative estimate of drug-likeness (QED) is 0.481. The number of primary sulfonamides is 1. The molecule has 0 aromatic carbocycles. The van der Waals surface area contributed by atoms with Crippen molar-refractivity contribution >= 4 is 21.6 Å². The molecule has 9 heavy (non-hydrogen) atoms. The van der Waals surface area contributed by atoms with Crippen LogP contribution in [-0.4, -0.2) is 20.6 Å². The first-order valence-corrected chi connectivity index (χ1v) is 4.52. The molecule has 0 unspecified atom stereocenters. The van der Waals surface area contributed by atoms with Gasteiger partial charge in [-0.05, 0) is 0 Å². The van der Waals surface area contributed by atoms with Crippen molar-refractivity contribution in [3.8, 4) is 0 Å². The highest BCUT2D eigenvalue weighted by molar-refractivity contribution is 7.89. The smallest absolute Gasteiger partial charge is 0.212 e. The number of hydrogen-bond donors (Lipinski definition) is 1. The van der Waals surface area contributed by atoms with Crippen molar-refractivity contribution in [3.05, 3.63) is 12.7 Å². The van der Waals surface area contributed by atoms with Gasteiger partial charge in [0.05, 0.1) is 5.75 Å². The number of hydrogen-bond acceptors (Lipinski definition) is 2.